The van der Waals surface area contributed by atoms with E-state index in [1.807, 2.05) is 14.0 Å². The lowest BCUT2D eigenvalue weighted by Crippen LogP contribution is -2.38. The van der Waals surface area contributed by atoms with Gasteiger partial charge >= 0.3 is 5.69 Å². The number of hydrogen-bond acceptors (Lipinski definition) is 5. The third-order valence-corrected chi connectivity index (χ3v) is 4.45. The van der Waals surface area contributed by atoms with Crippen molar-refractivity contribution < 1.29 is 4.79 Å². The van der Waals surface area contributed by atoms with Gasteiger partial charge in [-0.15, -0.1) is 0 Å². The minimum atomic E-state index is -0.401. The molecule has 0 saturated carbocycles. The van der Waals surface area contributed by atoms with Gasteiger partial charge in [0.15, 0.2) is 0 Å². The summed E-state index contributed by atoms with van der Waals surface area (Å²) in [4.78, 5) is 40.3. The zero-order valence-corrected chi connectivity index (χ0v) is 16.5. The second-order valence-corrected chi connectivity index (χ2v) is 6.45. The zero-order chi connectivity index (χ0) is 19.7. The highest BCUT2D eigenvalue weighted by Crippen LogP contribution is 2.14. The summed E-state index contributed by atoms with van der Waals surface area (Å²) in [5, 5.41) is 5.93. The summed E-state index contributed by atoms with van der Waals surface area (Å²) < 4.78 is 2.44. The molecule has 0 aromatic carbocycles. The van der Waals surface area contributed by atoms with E-state index >= 15 is 0 Å². The Morgan fingerprint density at radius 2 is 1.92 bits per heavy atom. The topological polar surface area (TPSA) is 97.5 Å². The average Bonchev–Trinajstić information content (AvgIpc) is 2.64. The van der Waals surface area contributed by atoms with Crippen LogP contribution in [-0.2, 0) is 18.9 Å². The molecule has 1 amide bonds. The summed E-state index contributed by atoms with van der Waals surface area (Å²) in [6.45, 7) is 5.23. The Balaban J connectivity index is 2.73. The van der Waals surface area contributed by atoms with Gasteiger partial charge in [0.2, 0.25) is 5.91 Å². The Morgan fingerprint density at radius 3 is 2.54 bits per heavy atom. The number of hydrogen-bond donors (Lipinski definition) is 2. The third-order valence-electron chi connectivity index (χ3n) is 4.45. The molecule has 1 aromatic heterocycles. The van der Waals surface area contributed by atoms with Crippen molar-refractivity contribution in [3.63, 3.8) is 0 Å². The van der Waals surface area contributed by atoms with Crippen LogP contribution in [0, 0.1) is 12.8 Å². The molecule has 0 spiro atoms. The fraction of sp³-hybridized carbons (Fsp3) is 0.667. The van der Waals surface area contributed by atoms with Gasteiger partial charge in [-0.2, -0.15) is 0 Å². The first-order valence-corrected chi connectivity index (χ1v) is 9.05. The maximum absolute atomic E-state index is 12.1. The molecule has 0 aliphatic heterocycles. The Morgan fingerprint density at radius 1 is 1.23 bits per heavy atom. The van der Waals surface area contributed by atoms with Gasteiger partial charge in [-0.25, -0.2) is 9.79 Å². The fourth-order valence-corrected chi connectivity index (χ4v) is 2.64. The Labute approximate surface area is 154 Å². The number of aliphatic imine (C=N–C) groups is 1. The molecule has 0 saturated heterocycles. The van der Waals surface area contributed by atoms with Crippen molar-refractivity contribution in [3.05, 3.63) is 26.4 Å². The van der Waals surface area contributed by atoms with Crippen molar-refractivity contribution in [1.82, 2.24) is 19.8 Å². The van der Waals surface area contributed by atoms with Gasteiger partial charge in [-0.3, -0.25) is 18.7 Å². The lowest BCUT2D eigenvalue weighted by atomic mass is 10.0. The van der Waals surface area contributed by atoms with Gasteiger partial charge in [0.05, 0.1) is 5.56 Å². The van der Waals surface area contributed by atoms with Crippen molar-refractivity contribution in [2.24, 2.45) is 25.0 Å². The second kappa shape index (κ2) is 10.7. The van der Waals surface area contributed by atoms with Crippen molar-refractivity contribution in [1.29, 1.82) is 0 Å². The monoisotopic (exact) mass is 365 g/mol. The van der Waals surface area contributed by atoms with E-state index in [4.69, 9.17) is 0 Å². The number of amides is 1. The van der Waals surface area contributed by atoms with Gasteiger partial charge in [0.1, 0.15) is 5.82 Å². The van der Waals surface area contributed by atoms with Crippen LogP contribution in [0.4, 0.5) is 5.82 Å². The van der Waals surface area contributed by atoms with E-state index in [1.165, 1.54) is 11.6 Å². The lowest BCUT2D eigenvalue weighted by Gasteiger charge is -2.12. The van der Waals surface area contributed by atoms with E-state index in [0.717, 1.165) is 24.0 Å². The standard InChI is InChI=1S/C18H31N5O3/c1-6-14(8-9-15(24)20-11-7-10-19-3)12-21-16-13(2)17(25)23(5)18(26)22(16)4/h12,14,19H,6-11H2,1-5H3,(H,20,24)/t14-/m0/s1. The molecule has 0 bridgehead atoms. The molecule has 8 nitrogen and oxygen atoms in total. The summed E-state index contributed by atoms with van der Waals surface area (Å²) in [5.41, 5.74) is -0.307. The molecule has 0 unspecified atom stereocenters. The molecule has 0 radical (unpaired) electrons. The summed E-state index contributed by atoms with van der Waals surface area (Å²) in [5.74, 6) is 0.509. The number of carbonyl (C=O) groups excluding carboxylic acids is 1. The SMILES string of the molecule is CC[C@H](C=Nc1c(C)c(=O)n(C)c(=O)n1C)CCC(=O)NCCCNC. The largest absolute Gasteiger partial charge is 0.356 e. The van der Waals surface area contributed by atoms with E-state index in [1.54, 1.807) is 20.2 Å². The predicted molar refractivity (Wildman–Crippen MR) is 104 cm³/mol. The molecule has 1 aromatic rings. The molecule has 26 heavy (non-hydrogen) atoms. The molecule has 0 aliphatic rings. The van der Waals surface area contributed by atoms with Crippen molar-refractivity contribution in [2.45, 2.75) is 39.5 Å². The van der Waals surface area contributed by atoms with Crippen molar-refractivity contribution >= 4 is 17.9 Å². The van der Waals surface area contributed by atoms with Crippen LogP contribution in [0.1, 0.15) is 38.2 Å². The first-order chi connectivity index (χ1) is 12.3. The molecule has 0 fully saturated rings. The fourth-order valence-electron chi connectivity index (χ4n) is 2.64. The Hall–Kier alpha value is -2.22. The van der Waals surface area contributed by atoms with Gasteiger partial charge in [0, 0.05) is 33.3 Å². The van der Waals surface area contributed by atoms with E-state index in [-0.39, 0.29) is 17.4 Å². The van der Waals surface area contributed by atoms with Crippen LogP contribution >= 0.6 is 0 Å². The number of rotatable bonds is 10. The van der Waals surface area contributed by atoms with Crippen LogP contribution in [0.2, 0.25) is 0 Å². The quantitative estimate of drug-likeness (QED) is 0.469. The third kappa shape index (κ3) is 5.94. The molecular weight excluding hydrogens is 334 g/mol. The van der Waals surface area contributed by atoms with E-state index < -0.39 is 5.69 Å². The van der Waals surface area contributed by atoms with Gasteiger partial charge in [-0.1, -0.05) is 6.92 Å². The molecule has 0 aliphatic carbocycles. The van der Waals surface area contributed by atoms with Crippen LogP contribution in [0.25, 0.3) is 0 Å². The maximum Gasteiger partial charge on any atom is 0.332 e. The van der Waals surface area contributed by atoms with Crippen LogP contribution in [0.3, 0.4) is 0 Å². The first-order valence-electron chi connectivity index (χ1n) is 9.05. The molecule has 146 valence electrons. The highest BCUT2D eigenvalue weighted by atomic mass is 16.2. The molecule has 8 heteroatoms. The van der Waals surface area contributed by atoms with Gasteiger partial charge in [-0.05, 0) is 45.7 Å². The van der Waals surface area contributed by atoms with Crippen LogP contribution < -0.4 is 21.9 Å². The molecule has 2 N–H and O–H groups in total. The predicted octanol–water partition coefficient (Wildman–Crippen LogP) is 0.627. The number of aromatic nitrogens is 2. The molecule has 1 atom stereocenters. The lowest BCUT2D eigenvalue weighted by molar-refractivity contribution is -0.121. The van der Waals surface area contributed by atoms with Crippen LogP contribution in [0.15, 0.2) is 14.6 Å². The van der Waals surface area contributed by atoms with Crippen molar-refractivity contribution in [3.8, 4) is 0 Å². The minimum absolute atomic E-state index is 0.0325. The summed E-state index contributed by atoms with van der Waals surface area (Å²) in [6, 6.07) is 0. The van der Waals surface area contributed by atoms with E-state index in [9.17, 15) is 14.4 Å². The molecule has 1 rings (SSSR count). The van der Waals surface area contributed by atoms with Crippen molar-refractivity contribution in [2.75, 3.05) is 20.1 Å². The van der Waals surface area contributed by atoms with Gasteiger partial charge < -0.3 is 10.6 Å². The molecular formula is C18H31N5O3. The zero-order valence-electron chi connectivity index (χ0n) is 16.5. The summed E-state index contributed by atoms with van der Waals surface area (Å²) >= 11 is 0. The average molecular weight is 365 g/mol. The maximum atomic E-state index is 12.1. The first kappa shape index (κ1) is 21.8. The number of nitrogens with zero attached hydrogens (tertiary/aromatic N) is 3. The Kier molecular flexibility index (Phi) is 8.98. The Bertz CT molecular complexity index is 711. The highest BCUT2D eigenvalue weighted by molar-refractivity contribution is 5.76. The number of nitrogens with one attached hydrogen (secondary N) is 2. The smallest absolute Gasteiger partial charge is 0.332 e. The molecule has 1 heterocycles. The second-order valence-electron chi connectivity index (χ2n) is 6.45. The highest BCUT2D eigenvalue weighted by Gasteiger charge is 2.12. The van der Waals surface area contributed by atoms with Gasteiger partial charge in [0.25, 0.3) is 5.56 Å². The minimum Gasteiger partial charge on any atom is -0.356 e. The normalized spacial score (nSPS) is 12.5. The van der Waals surface area contributed by atoms with E-state index in [0.29, 0.717) is 30.8 Å². The van der Waals surface area contributed by atoms with Crippen LogP contribution in [-0.4, -0.2) is 41.4 Å². The van der Waals surface area contributed by atoms with E-state index in [2.05, 4.69) is 15.6 Å². The van der Waals surface area contributed by atoms with Crippen LogP contribution in [0.5, 0.6) is 0 Å². The summed E-state index contributed by atoms with van der Waals surface area (Å²) in [7, 11) is 4.93. The number of carbonyl (C=O) groups is 1. The summed E-state index contributed by atoms with van der Waals surface area (Å²) in [6.07, 6.45) is 4.58.